The number of hydrogen-bond acceptors (Lipinski definition) is 4. The van der Waals surface area contributed by atoms with Gasteiger partial charge < -0.3 is 10.2 Å². The molecule has 186 valence electrons. The van der Waals surface area contributed by atoms with Crippen molar-refractivity contribution in [3.63, 3.8) is 0 Å². The highest BCUT2D eigenvalue weighted by Gasteiger charge is 2.33. The Labute approximate surface area is 197 Å². The third-order valence-electron chi connectivity index (χ3n) is 5.05. The normalized spacial score (nSPS) is 12.6. The van der Waals surface area contributed by atoms with Crippen molar-refractivity contribution < 1.29 is 31.2 Å². The number of anilines is 1. The number of carbonyl (C=O) groups is 2. The van der Waals surface area contributed by atoms with Gasteiger partial charge in [0.25, 0.3) is 0 Å². The van der Waals surface area contributed by atoms with E-state index in [1.165, 1.54) is 17.9 Å². The van der Waals surface area contributed by atoms with Crippen LogP contribution in [0.5, 0.6) is 0 Å². The van der Waals surface area contributed by atoms with Gasteiger partial charge in [-0.3, -0.25) is 13.9 Å². The monoisotopic (exact) mass is 499 g/mol. The summed E-state index contributed by atoms with van der Waals surface area (Å²) in [7, 11) is -4.12. The zero-order valence-electron chi connectivity index (χ0n) is 19.2. The minimum absolute atomic E-state index is 0.0145. The number of alkyl halides is 3. The van der Waals surface area contributed by atoms with Crippen molar-refractivity contribution in [2.45, 2.75) is 39.0 Å². The van der Waals surface area contributed by atoms with Crippen LogP contribution in [0.3, 0.4) is 0 Å². The third-order valence-corrected chi connectivity index (χ3v) is 6.19. The minimum atomic E-state index is -4.69. The first-order chi connectivity index (χ1) is 15.8. The molecule has 2 amide bonds. The Balaban J connectivity index is 2.40. The van der Waals surface area contributed by atoms with E-state index < -0.39 is 46.2 Å². The van der Waals surface area contributed by atoms with Gasteiger partial charge in [-0.05, 0) is 37.1 Å². The van der Waals surface area contributed by atoms with E-state index in [1.54, 1.807) is 30.3 Å². The molecule has 0 aliphatic rings. The summed E-state index contributed by atoms with van der Waals surface area (Å²) in [5.74, 6) is -1.15. The van der Waals surface area contributed by atoms with Crippen LogP contribution in [-0.2, 0) is 32.3 Å². The molecular formula is C23H28F3N3O4S. The Hall–Kier alpha value is -3.08. The Bertz CT molecular complexity index is 1090. The minimum Gasteiger partial charge on any atom is -0.354 e. The molecule has 2 aromatic rings. The Morgan fingerprint density at radius 3 is 2.26 bits per heavy atom. The lowest BCUT2D eigenvalue weighted by atomic mass is 10.1. The number of nitrogens with zero attached hydrogens (tertiary/aromatic N) is 2. The maximum Gasteiger partial charge on any atom is 0.416 e. The van der Waals surface area contributed by atoms with E-state index in [2.05, 4.69) is 5.32 Å². The average molecular weight is 500 g/mol. The summed E-state index contributed by atoms with van der Waals surface area (Å²) in [5.41, 5.74) is -0.635. The van der Waals surface area contributed by atoms with E-state index in [9.17, 15) is 31.2 Å². The number of sulfonamides is 1. The second-order valence-corrected chi connectivity index (χ2v) is 9.70. The molecular weight excluding hydrogens is 471 g/mol. The number of hydrogen-bond donors (Lipinski definition) is 1. The van der Waals surface area contributed by atoms with Gasteiger partial charge in [0.05, 0.1) is 17.5 Å². The molecule has 0 bridgehead atoms. The van der Waals surface area contributed by atoms with Crippen molar-refractivity contribution in [1.29, 1.82) is 0 Å². The van der Waals surface area contributed by atoms with Crippen molar-refractivity contribution in [1.82, 2.24) is 10.2 Å². The standard InChI is InChI=1S/C23H28F3N3O4S/c1-4-13-27-22(31)17(2)28(15-18-9-6-5-7-10-18)21(30)16-29(34(3,32)33)20-12-8-11-19(14-20)23(24,25)26/h5-12,14,17H,4,13,15-16H2,1-3H3,(H,27,31)/t17-/m0/s1. The molecule has 0 heterocycles. The van der Waals surface area contributed by atoms with E-state index in [0.717, 1.165) is 18.4 Å². The van der Waals surface area contributed by atoms with Crippen LogP contribution in [0.4, 0.5) is 18.9 Å². The highest BCUT2D eigenvalue weighted by atomic mass is 32.2. The first-order valence-electron chi connectivity index (χ1n) is 10.6. The summed E-state index contributed by atoms with van der Waals surface area (Å²) >= 11 is 0. The van der Waals surface area contributed by atoms with Crippen LogP contribution < -0.4 is 9.62 Å². The predicted octanol–water partition coefficient (Wildman–Crippen LogP) is 3.41. The van der Waals surface area contributed by atoms with Gasteiger partial charge in [0.15, 0.2) is 0 Å². The van der Waals surface area contributed by atoms with Gasteiger partial charge in [0.2, 0.25) is 21.8 Å². The number of amides is 2. The van der Waals surface area contributed by atoms with Crippen molar-refractivity contribution >= 4 is 27.5 Å². The number of rotatable bonds is 10. The topological polar surface area (TPSA) is 86.8 Å². The molecule has 0 saturated heterocycles. The summed E-state index contributed by atoms with van der Waals surface area (Å²) < 4.78 is 65.0. The number of carbonyl (C=O) groups excluding carboxylic acids is 2. The summed E-state index contributed by atoms with van der Waals surface area (Å²) in [6.45, 7) is 3.03. The van der Waals surface area contributed by atoms with Gasteiger partial charge in [0, 0.05) is 13.1 Å². The molecule has 0 fully saturated rings. The molecule has 0 radical (unpaired) electrons. The van der Waals surface area contributed by atoms with E-state index in [-0.39, 0.29) is 12.2 Å². The quantitative estimate of drug-likeness (QED) is 0.543. The van der Waals surface area contributed by atoms with Crippen LogP contribution in [-0.4, -0.2) is 50.5 Å². The van der Waals surface area contributed by atoms with Crippen molar-refractivity contribution in [3.05, 3.63) is 65.7 Å². The fraction of sp³-hybridized carbons (Fsp3) is 0.391. The summed E-state index contributed by atoms with van der Waals surface area (Å²) in [6, 6.07) is 11.6. The van der Waals surface area contributed by atoms with Gasteiger partial charge in [-0.2, -0.15) is 13.2 Å². The molecule has 2 rings (SSSR count). The van der Waals surface area contributed by atoms with Gasteiger partial charge >= 0.3 is 6.18 Å². The second-order valence-electron chi connectivity index (χ2n) is 7.79. The SMILES string of the molecule is CCCNC(=O)[C@H](C)N(Cc1ccccc1)C(=O)CN(c1cccc(C(F)(F)F)c1)S(C)(=O)=O. The molecule has 0 unspecified atom stereocenters. The molecule has 7 nitrogen and oxygen atoms in total. The highest BCUT2D eigenvalue weighted by molar-refractivity contribution is 7.92. The zero-order valence-corrected chi connectivity index (χ0v) is 20.0. The molecule has 2 aromatic carbocycles. The maximum atomic E-state index is 13.3. The molecule has 0 aliphatic heterocycles. The molecule has 0 aliphatic carbocycles. The zero-order chi connectivity index (χ0) is 25.5. The van der Waals surface area contributed by atoms with E-state index in [4.69, 9.17) is 0 Å². The lowest BCUT2D eigenvalue weighted by molar-refractivity contribution is -0.139. The smallest absolute Gasteiger partial charge is 0.354 e. The summed E-state index contributed by atoms with van der Waals surface area (Å²) in [6.07, 6.45) is -3.20. The number of benzene rings is 2. The Morgan fingerprint density at radius 2 is 1.71 bits per heavy atom. The van der Waals surface area contributed by atoms with Crippen LogP contribution >= 0.6 is 0 Å². The van der Waals surface area contributed by atoms with Gasteiger partial charge in [-0.1, -0.05) is 43.3 Å². The van der Waals surface area contributed by atoms with Crippen molar-refractivity contribution in [2.24, 2.45) is 0 Å². The van der Waals surface area contributed by atoms with E-state index in [1.807, 2.05) is 6.92 Å². The van der Waals surface area contributed by atoms with Crippen molar-refractivity contribution in [2.75, 3.05) is 23.7 Å². The summed E-state index contributed by atoms with van der Waals surface area (Å²) in [4.78, 5) is 27.1. The second kappa shape index (κ2) is 11.4. The number of nitrogens with one attached hydrogen (secondary N) is 1. The average Bonchev–Trinajstić information content (AvgIpc) is 2.78. The van der Waals surface area contributed by atoms with Gasteiger partial charge in [-0.15, -0.1) is 0 Å². The molecule has 0 aromatic heterocycles. The van der Waals surface area contributed by atoms with Crippen LogP contribution in [0.25, 0.3) is 0 Å². The van der Waals surface area contributed by atoms with E-state index >= 15 is 0 Å². The lowest BCUT2D eigenvalue weighted by Gasteiger charge is -2.31. The molecule has 11 heteroatoms. The molecule has 0 spiro atoms. The molecule has 34 heavy (non-hydrogen) atoms. The fourth-order valence-corrected chi connectivity index (χ4v) is 4.05. The van der Waals surface area contributed by atoms with Crippen LogP contribution in [0.15, 0.2) is 54.6 Å². The maximum absolute atomic E-state index is 13.3. The van der Waals surface area contributed by atoms with Gasteiger partial charge in [-0.25, -0.2) is 8.42 Å². The lowest BCUT2D eigenvalue weighted by Crippen LogP contribution is -2.51. The highest BCUT2D eigenvalue weighted by Crippen LogP contribution is 2.32. The first-order valence-corrected chi connectivity index (χ1v) is 12.5. The molecule has 0 saturated carbocycles. The summed E-state index contributed by atoms with van der Waals surface area (Å²) in [5, 5.41) is 2.70. The Morgan fingerprint density at radius 1 is 1.06 bits per heavy atom. The van der Waals surface area contributed by atoms with Crippen LogP contribution in [0.2, 0.25) is 0 Å². The number of halogens is 3. The van der Waals surface area contributed by atoms with Crippen LogP contribution in [0, 0.1) is 0 Å². The molecule has 1 N–H and O–H groups in total. The largest absolute Gasteiger partial charge is 0.416 e. The fourth-order valence-electron chi connectivity index (χ4n) is 3.21. The van der Waals surface area contributed by atoms with Gasteiger partial charge in [0.1, 0.15) is 12.6 Å². The van der Waals surface area contributed by atoms with E-state index in [0.29, 0.717) is 28.9 Å². The molecule has 1 atom stereocenters. The van der Waals surface area contributed by atoms with Crippen LogP contribution in [0.1, 0.15) is 31.4 Å². The third kappa shape index (κ3) is 7.47. The van der Waals surface area contributed by atoms with Crippen molar-refractivity contribution in [3.8, 4) is 0 Å². The Kier molecular flexibility index (Phi) is 9.08. The predicted molar refractivity (Wildman–Crippen MR) is 123 cm³/mol. The first kappa shape index (κ1) is 27.2.